The molecule has 37 heavy (non-hydrogen) atoms. The zero-order valence-electron chi connectivity index (χ0n) is 21.6. The molecule has 2 aliphatic rings. The maximum Gasteiger partial charge on any atom is 0.274 e. The van der Waals surface area contributed by atoms with Crippen LogP contribution in [0.5, 0.6) is 0 Å². The van der Waals surface area contributed by atoms with E-state index in [-0.39, 0.29) is 29.2 Å². The van der Waals surface area contributed by atoms with Crippen molar-refractivity contribution in [3.63, 3.8) is 0 Å². The Labute approximate surface area is 215 Å². The fourth-order valence-corrected chi connectivity index (χ4v) is 5.36. The Morgan fingerprint density at radius 1 is 1.30 bits per heavy atom. The lowest BCUT2D eigenvalue weighted by molar-refractivity contribution is -0.0314. The van der Waals surface area contributed by atoms with Crippen molar-refractivity contribution in [3.05, 3.63) is 46.5 Å². The van der Waals surface area contributed by atoms with Crippen LogP contribution in [0.4, 0.5) is 17.3 Å². The number of ether oxygens (including phenoxy) is 2. The Morgan fingerprint density at radius 3 is 2.92 bits per heavy atom. The van der Waals surface area contributed by atoms with Crippen LogP contribution in [0.3, 0.4) is 0 Å². The Balaban J connectivity index is 1.42. The van der Waals surface area contributed by atoms with E-state index >= 15 is 0 Å². The highest BCUT2D eigenvalue weighted by Gasteiger charge is 2.33. The van der Waals surface area contributed by atoms with Crippen LogP contribution in [0.25, 0.3) is 5.65 Å². The van der Waals surface area contributed by atoms with Crippen LogP contribution in [0.1, 0.15) is 61.8 Å². The average molecular weight is 510 g/mol. The molecule has 11 heteroatoms. The van der Waals surface area contributed by atoms with Crippen LogP contribution in [0, 0.1) is 0 Å². The van der Waals surface area contributed by atoms with Gasteiger partial charge in [-0.2, -0.15) is 9.61 Å². The van der Waals surface area contributed by atoms with E-state index in [9.17, 15) is 9.59 Å². The highest BCUT2D eigenvalue weighted by Crippen LogP contribution is 2.31. The van der Waals surface area contributed by atoms with Gasteiger partial charge in [-0.05, 0) is 57.6 Å². The molecule has 3 aromatic heterocycles. The maximum atomic E-state index is 13.3. The van der Waals surface area contributed by atoms with Gasteiger partial charge in [-0.1, -0.05) is 0 Å². The topological polar surface area (TPSA) is 124 Å². The summed E-state index contributed by atoms with van der Waals surface area (Å²) in [5.74, 6) is 0.838. The SMILES string of the molecule is CNc1cc(Nc2cccn([C@H]3CCCOC3)c2=O)nc2c(C(=O)N[C@@H]3CCC[C@@](C)(OC)C3)cnn12. The van der Waals surface area contributed by atoms with Crippen molar-refractivity contribution in [1.82, 2.24) is 24.5 Å². The van der Waals surface area contributed by atoms with E-state index in [4.69, 9.17) is 9.47 Å². The van der Waals surface area contributed by atoms with Gasteiger partial charge >= 0.3 is 0 Å². The summed E-state index contributed by atoms with van der Waals surface area (Å²) in [5, 5.41) is 13.8. The molecule has 5 rings (SSSR count). The number of fused-ring (bicyclic) bond motifs is 1. The summed E-state index contributed by atoms with van der Waals surface area (Å²) in [5.41, 5.74) is 0.788. The first-order valence-corrected chi connectivity index (χ1v) is 12.9. The molecule has 0 aromatic carbocycles. The van der Waals surface area contributed by atoms with Crippen LogP contribution in [-0.4, -0.2) is 64.1 Å². The fourth-order valence-electron chi connectivity index (χ4n) is 5.36. The number of carbonyl (C=O) groups excluding carboxylic acids is 1. The minimum Gasteiger partial charge on any atom is -0.379 e. The van der Waals surface area contributed by atoms with Crippen LogP contribution in [0.2, 0.25) is 0 Å². The highest BCUT2D eigenvalue weighted by molar-refractivity contribution is 6.00. The summed E-state index contributed by atoms with van der Waals surface area (Å²) in [6.45, 7) is 3.34. The fraction of sp³-hybridized carbons (Fsp3) is 0.538. The molecule has 1 aliphatic carbocycles. The van der Waals surface area contributed by atoms with E-state index in [2.05, 4.69) is 33.0 Å². The summed E-state index contributed by atoms with van der Waals surface area (Å²) in [7, 11) is 3.49. The van der Waals surface area contributed by atoms with Gasteiger partial charge < -0.3 is 30.0 Å². The summed E-state index contributed by atoms with van der Waals surface area (Å²) in [6.07, 6.45) is 8.76. The van der Waals surface area contributed by atoms with E-state index in [1.807, 2.05) is 6.07 Å². The average Bonchev–Trinajstić information content (AvgIpc) is 3.34. The van der Waals surface area contributed by atoms with E-state index in [0.29, 0.717) is 35.1 Å². The van der Waals surface area contributed by atoms with Crippen molar-refractivity contribution in [2.24, 2.45) is 0 Å². The van der Waals surface area contributed by atoms with Gasteiger partial charge in [0.15, 0.2) is 5.65 Å². The number of pyridine rings is 1. The quantitative estimate of drug-likeness (QED) is 0.444. The van der Waals surface area contributed by atoms with Gasteiger partial charge in [-0.3, -0.25) is 9.59 Å². The first kappa shape index (κ1) is 25.2. The van der Waals surface area contributed by atoms with E-state index in [0.717, 1.165) is 45.1 Å². The van der Waals surface area contributed by atoms with Crippen molar-refractivity contribution in [2.45, 2.75) is 63.1 Å². The summed E-state index contributed by atoms with van der Waals surface area (Å²) >= 11 is 0. The predicted molar refractivity (Wildman–Crippen MR) is 141 cm³/mol. The van der Waals surface area contributed by atoms with Gasteiger partial charge in [0.2, 0.25) is 0 Å². The van der Waals surface area contributed by atoms with Gasteiger partial charge in [0.05, 0.1) is 24.4 Å². The van der Waals surface area contributed by atoms with Crippen LogP contribution in [0.15, 0.2) is 35.4 Å². The Kier molecular flexibility index (Phi) is 7.16. The van der Waals surface area contributed by atoms with Crippen molar-refractivity contribution in [1.29, 1.82) is 0 Å². The number of nitrogens with one attached hydrogen (secondary N) is 3. The highest BCUT2D eigenvalue weighted by atomic mass is 16.5. The molecule has 2 fully saturated rings. The third-order valence-corrected chi connectivity index (χ3v) is 7.50. The van der Waals surface area contributed by atoms with E-state index in [1.54, 1.807) is 41.6 Å². The second kappa shape index (κ2) is 10.5. The molecular weight excluding hydrogens is 474 g/mol. The van der Waals surface area contributed by atoms with Crippen LogP contribution < -0.4 is 21.5 Å². The number of nitrogens with zero attached hydrogens (tertiary/aromatic N) is 4. The molecule has 1 amide bonds. The zero-order valence-corrected chi connectivity index (χ0v) is 21.6. The largest absolute Gasteiger partial charge is 0.379 e. The lowest BCUT2D eigenvalue weighted by Gasteiger charge is -2.37. The molecule has 3 aromatic rings. The maximum absolute atomic E-state index is 13.3. The lowest BCUT2D eigenvalue weighted by atomic mass is 9.83. The summed E-state index contributed by atoms with van der Waals surface area (Å²) < 4.78 is 14.6. The van der Waals surface area contributed by atoms with Crippen molar-refractivity contribution < 1.29 is 14.3 Å². The number of rotatable bonds is 7. The molecule has 0 radical (unpaired) electrons. The Morgan fingerprint density at radius 2 is 2.16 bits per heavy atom. The number of carbonyl (C=O) groups is 1. The van der Waals surface area contributed by atoms with Crippen molar-refractivity contribution >= 4 is 28.9 Å². The standard InChI is InChI=1S/C26H35N7O4/c1-26(36-3)10-4-7-17(14-26)29-24(34)19-15-28-33-22(27-2)13-21(31-23(19)33)30-20-9-5-11-32(25(20)35)18-8-6-12-37-16-18/h5,9,11,13,15,17-18,27H,4,6-8,10,12,14,16H2,1-3H3,(H,29,34)(H,30,31)/t17-,18+,26-/m1/s1. The molecule has 1 aliphatic heterocycles. The lowest BCUT2D eigenvalue weighted by Crippen LogP contribution is -2.45. The van der Waals surface area contributed by atoms with Gasteiger partial charge in [0, 0.05) is 39.1 Å². The molecule has 3 atom stereocenters. The molecule has 4 heterocycles. The number of methoxy groups -OCH3 is 1. The Hall–Kier alpha value is -3.44. The van der Waals surface area contributed by atoms with Gasteiger partial charge in [-0.15, -0.1) is 0 Å². The molecule has 0 unspecified atom stereocenters. The first-order chi connectivity index (χ1) is 17.9. The number of aromatic nitrogens is 4. The summed E-state index contributed by atoms with van der Waals surface area (Å²) in [6, 6.07) is 5.35. The summed E-state index contributed by atoms with van der Waals surface area (Å²) in [4.78, 5) is 31.2. The molecule has 1 saturated heterocycles. The smallest absolute Gasteiger partial charge is 0.274 e. The minimum atomic E-state index is -0.238. The first-order valence-electron chi connectivity index (χ1n) is 12.9. The normalized spacial score (nSPS) is 24.1. The molecule has 11 nitrogen and oxygen atoms in total. The molecule has 0 bridgehead atoms. The second-order valence-electron chi connectivity index (χ2n) is 10.1. The zero-order chi connectivity index (χ0) is 26.0. The molecule has 1 saturated carbocycles. The monoisotopic (exact) mass is 509 g/mol. The third-order valence-electron chi connectivity index (χ3n) is 7.50. The Bertz CT molecular complexity index is 1330. The van der Waals surface area contributed by atoms with E-state index in [1.165, 1.54) is 6.20 Å². The van der Waals surface area contributed by atoms with Gasteiger partial charge in [0.25, 0.3) is 11.5 Å². The third kappa shape index (κ3) is 5.19. The number of hydrogen-bond donors (Lipinski definition) is 3. The second-order valence-corrected chi connectivity index (χ2v) is 10.1. The van der Waals surface area contributed by atoms with Crippen molar-refractivity contribution in [2.75, 3.05) is 38.0 Å². The number of amides is 1. The molecular formula is C26H35N7O4. The number of hydrogen-bond acceptors (Lipinski definition) is 8. The van der Waals surface area contributed by atoms with Gasteiger partial charge in [0.1, 0.15) is 22.9 Å². The molecule has 3 N–H and O–H groups in total. The van der Waals surface area contributed by atoms with Crippen LogP contribution >= 0.6 is 0 Å². The molecule has 0 spiro atoms. The van der Waals surface area contributed by atoms with Gasteiger partial charge in [-0.25, -0.2) is 4.98 Å². The predicted octanol–water partition coefficient (Wildman–Crippen LogP) is 3.11. The minimum absolute atomic E-state index is 0.0104. The van der Waals surface area contributed by atoms with E-state index < -0.39 is 0 Å². The van der Waals surface area contributed by atoms with Crippen LogP contribution in [-0.2, 0) is 9.47 Å². The number of anilines is 3. The van der Waals surface area contributed by atoms with Crippen molar-refractivity contribution in [3.8, 4) is 0 Å². The molecule has 198 valence electrons.